The highest BCUT2D eigenvalue weighted by molar-refractivity contribution is 6.01. The molecular weight excluding hydrogens is 256 g/mol. The molecule has 5 nitrogen and oxygen atoms in total. The molecule has 3 N–H and O–H groups in total. The maximum absolute atomic E-state index is 12.1. The van der Waals surface area contributed by atoms with Crippen molar-refractivity contribution in [1.29, 1.82) is 0 Å². The Bertz CT molecular complexity index is 422. The predicted octanol–water partition coefficient (Wildman–Crippen LogP) is 2.21. The van der Waals surface area contributed by atoms with Gasteiger partial charge in [0.25, 0.3) is 5.91 Å². The van der Waals surface area contributed by atoms with Crippen LogP contribution < -0.4 is 15.8 Å². The van der Waals surface area contributed by atoms with Crippen LogP contribution in [0, 0.1) is 0 Å². The van der Waals surface area contributed by atoms with Crippen molar-refractivity contribution in [1.82, 2.24) is 5.32 Å². The molecule has 0 bridgehead atoms. The van der Waals surface area contributed by atoms with E-state index in [0.717, 1.165) is 19.4 Å². The summed E-state index contributed by atoms with van der Waals surface area (Å²) in [7, 11) is 0. The van der Waals surface area contributed by atoms with Crippen LogP contribution in [0.4, 0.5) is 5.69 Å². The third kappa shape index (κ3) is 5.09. The summed E-state index contributed by atoms with van der Waals surface area (Å²) in [6.45, 7) is 6.40. The molecule has 20 heavy (non-hydrogen) atoms. The van der Waals surface area contributed by atoms with Crippen molar-refractivity contribution < 1.29 is 14.3 Å². The number of nitrogens with one attached hydrogen (secondary N) is 1. The van der Waals surface area contributed by atoms with Crippen molar-refractivity contribution in [3.8, 4) is 5.75 Å². The van der Waals surface area contributed by atoms with E-state index < -0.39 is 0 Å². The van der Waals surface area contributed by atoms with E-state index in [1.54, 1.807) is 18.2 Å². The van der Waals surface area contributed by atoms with E-state index >= 15 is 0 Å². The van der Waals surface area contributed by atoms with Crippen LogP contribution in [0.5, 0.6) is 5.75 Å². The fourth-order valence-corrected chi connectivity index (χ4v) is 1.78. The first-order valence-corrected chi connectivity index (χ1v) is 7.07. The molecule has 0 spiro atoms. The van der Waals surface area contributed by atoms with Gasteiger partial charge in [-0.05, 0) is 31.9 Å². The largest absolute Gasteiger partial charge is 0.493 e. The topological polar surface area (TPSA) is 73.6 Å². The molecule has 0 aliphatic carbocycles. The van der Waals surface area contributed by atoms with Crippen LogP contribution in [0.15, 0.2) is 18.2 Å². The molecule has 1 rings (SSSR count). The third-order valence-electron chi connectivity index (χ3n) is 2.68. The number of benzene rings is 1. The van der Waals surface area contributed by atoms with E-state index in [-0.39, 0.29) is 5.91 Å². The smallest absolute Gasteiger partial charge is 0.257 e. The molecule has 0 saturated carbocycles. The zero-order chi connectivity index (χ0) is 14.8. The Morgan fingerprint density at radius 3 is 2.80 bits per heavy atom. The number of anilines is 1. The van der Waals surface area contributed by atoms with E-state index in [1.807, 2.05) is 6.92 Å². The van der Waals surface area contributed by atoms with Crippen LogP contribution in [-0.4, -0.2) is 32.3 Å². The van der Waals surface area contributed by atoms with Crippen LogP contribution >= 0.6 is 0 Å². The number of rotatable bonds is 9. The molecule has 0 aromatic heterocycles. The first kappa shape index (κ1) is 16.3. The van der Waals surface area contributed by atoms with Gasteiger partial charge in [0.1, 0.15) is 11.3 Å². The Hall–Kier alpha value is -1.75. The average Bonchev–Trinajstić information content (AvgIpc) is 2.43. The molecule has 0 heterocycles. The lowest BCUT2D eigenvalue weighted by atomic mass is 10.1. The van der Waals surface area contributed by atoms with Crippen molar-refractivity contribution in [3.63, 3.8) is 0 Å². The summed E-state index contributed by atoms with van der Waals surface area (Å²) >= 11 is 0. The number of hydrogen-bond acceptors (Lipinski definition) is 4. The van der Waals surface area contributed by atoms with Crippen molar-refractivity contribution in [2.45, 2.75) is 26.7 Å². The third-order valence-corrected chi connectivity index (χ3v) is 2.68. The minimum atomic E-state index is -0.206. The first-order chi connectivity index (χ1) is 9.70. The highest BCUT2D eigenvalue weighted by Gasteiger charge is 2.15. The van der Waals surface area contributed by atoms with Gasteiger partial charge in [-0.1, -0.05) is 13.0 Å². The van der Waals surface area contributed by atoms with Crippen molar-refractivity contribution in [2.24, 2.45) is 0 Å². The van der Waals surface area contributed by atoms with Crippen molar-refractivity contribution in [3.05, 3.63) is 23.8 Å². The lowest BCUT2D eigenvalue weighted by Crippen LogP contribution is -2.26. The van der Waals surface area contributed by atoms with E-state index in [1.165, 1.54) is 0 Å². The summed E-state index contributed by atoms with van der Waals surface area (Å²) in [6.07, 6.45) is 1.78. The van der Waals surface area contributed by atoms with E-state index in [4.69, 9.17) is 15.2 Å². The minimum Gasteiger partial charge on any atom is -0.493 e. The zero-order valence-electron chi connectivity index (χ0n) is 12.3. The molecule has 0 aliphatic heterocycles. The molecule has 1 aromatic rings. The van der Waals surface area contributed by atoms with Gasteiger partial charge >= 0.3 is 0 Å². The number of carbonyl (C=O) groups is 1. The molecule has 0 saturated heterocycles. The lowest BCUT2D eigenvalue weighted by Gasteiger charge is -2.12. The van der Waals surface area contributed by atoms with Gasteiger partial charge in [0.15, 0.2) is 0 Å². The Morgan fingerprint density at radius 2 is 2.10 bits per heavy atom. The molecule has 0 atom stereocenters. The summed E-state index contributed by atoms with van der Waals surface area (Å²) in [6, 6.07) is 5.22. The second kappa shape index (κ2) is 9.20. The fraction of sp³-hybridized carbons (Fsp3) is 0.533. The zero-order valence-corrected chi connectivity index (χ0v) is 12.3. The van der Waals surface area contributed by atoms with Gasteiger partial charge in [0, 0.05) is 25.4 Å². The number of amides is 1. The van der Waals surface area contributed by atoms with Gasteiger partial charge in [-0.25, -0.2) is 0 Å². The summed E-state index contributed by atoms with van der Waals surface area (Å²) < 4.78 is 10.8. The number of ether oxygens (including phenoxy) is 2. The number of nitrogens with two attached hydrogens (primary N) is 1. The first-order valence-electron chi connectivity index (χ1n) is 7.07. The van der Waals surface area contributed by atoms with Crippen LogP contribution in [0.1, 0.15) is 37.0 Å². The molecule has 0 fully saturated rings. The fourth-order valence-electron chi connectivity index (χ4n) is 1.78. The average molecular weight is 280 g/mol. The molecule has 5 heteroatoms. The van der Waals surface area contributed by atoms with E-state index in [0.29, 0.717) is 36.8 Å². The maximum atomic E-state index is 12.1. The molecule has 0 aliphatic rings. The Kier molecular flexibility index (Phi) is 7.50. The van der Waals surface area contributed by atoms with Gasteiger partial charge in [-0.2, -0.15) is 0 Å². The van der Waals surface area contributed by atoms with Gasteiger partial charge < -0.3 is 20.5 Å². The lowest BCUT2D eigenvalue weighted by molar-refractivity contribution is 0.0938. The van der Waals surface area contributed by atoms with Gasteiger partial charge in [-0.15, -0.1) is 0 Å². The van der Waals surface area contributed by atoms with Crippen molar-refractivity contribution >= 4 is 11.6 Å². The summed E-state index contributed by atoms with van der Waals surface area (Å²) in [5.74, 6) is 0.314. The summed E-state index contributed by atoms with van der Waals surface area (Å²) in [4.78, 5) is 12.1. The monoisotopic (exact) mass is 280 g/mol. The Balaban J connectivity index is 2.50. The van der Waals surface area contributed by atoms with Gasteiger partial charge in [-0.3, -0.25) is 4.79 Å². The van der Waals surface area contributed by atoms with Crippen LogP contribution in [0.25, 0.3) is 0 Å². The quantitative estimate of drug-likeness (QED) is 0.537. The number of nitrogen functional groups attached to an aromatic ring is 1. The van der Waals surface area contributed by atoms with Gasteiger partial charge in [0.05, 0.1) is 6.61 Å². The molecule has 0 radical (unpaired) electrons. The van der Waals surface area contributed by atoms with E-state index in [2.05, 4.69) is 12.2 Å². The predicted molar refractivity (Wildman–Crippen MR) is 80.1 cm³/mol. The van der Waals surface area contributed by atoms with Crippen LogP contribution in [-0.2, 0) is 4.74 Å². The highest BCUT2D eigenvalue weighted by atomic mass is 16.5. The van der Waals surface area contributed by atoms with Gasteiger partial charge in [0.2, 0.25) is 0 Å². The highest BCUT2D eigenvalue weighted by Crippen LogP contribution is 2.24. The summed E-state index contributed by atoms with van der Waals surface area (Å²) in [5, 5.41) is 2.84. The second-order valence-electron chi connectivity index (χ2n) is 4.38. The van der Waals surface area contributed by atoms with Crippen LogP contribution in [0.3, 0.4) is 0 Å². The SMILES string of the molecule is CCCOCCCNC(=O)c1c(N)cccc1OCC. The second-order valence-corrected chi connectivity index (χ2v) is 4.38. The maximum Gasteiger partial charge on any atom is 0.257 e. The number of carbonyl (C=O) groups excluding carboxylic acids is 1. The Labute approximate surface area is 120 Å². The van der Waals surface area contributed by atoms with Crippen molar-refractivity contribution in [2.75, 3.05) is 32.1 Å². The Morgan fingerprint density at radius 1 is 1.30 bits per heavy atom. The molecule has 1 aromatic carbocycles. The molecular formula is C15H24N2O3. The normalized spacial score (nSPS) is 10.3. The van der Waals surface area contributed by atoms with E-state index in [9.17, 15) is 4.79 Å². The minimum absolute atomic E-state index is 0.206. The number of hydrogen-bond donors (Lipinski definition) is 2. The standard InChI is InChI=1S/C15H24N2O3/c1-3-10-19-11-6-9-17-15(18)14-12(16)7-5-8-13(14)20-4-2/h5,7-8H,3-4,6,9-11,16H2,1-2H3,(H,17,18). The molecule has 0 unspecified atom stereocenters. The molecule has 112 valence electrons. The van der Waals surface area contributed by atoms with Crippen LogP contribution in [0.2, 0.25) is 0 Å². The summed E-state index contributed by atoms with van der Waals surface area (Å²) in [5.41, 5.74) is 6.69. The molecule has 1 amide bonds.